The molecule has 0 radical (unpaired) electrons. The first-order chi connectivity index (χ1) is 30.7. The molecule has 2 N–H and O–H groups in total. The van der Waals surface area contributed by atoms with Crippen molar-refractivity contribution >= 4 is 34.2 Å². The average molecular weight is 837 g/mol. The first-order valence-electron chi connectivity index (χ1n) is 24.5. The van der Waals surface area contributed by atoms with E-state index in [-0.39, 0.29) is 6.10 Å². The Bertz CT molecular complexity index is 2620. The van der Waals surface area contributed by atoms with Crippen LogP contribution >= 0.6 is 0 Å². The van der Waals surface area contributed by atoms with E-state index >= 15 is 0 Å². The third-order valence-corrected chi connectivity index (χ3v) is 16.9. The minimum atomic E-state index is 0.101. The molecular formula is C58H68N4O. The van der Waals surface area contributed by atoms with Gasteiger partial charge < -0.3 is 14.7 Å². The molecule has 4 heterocycles. The van der Waals surface area contributed by atoms with Crippen LogP contribution in [-0.2, 0) is 6.42 Å². The van der Waals surface area contributed by atoms with Crippen molar-refractivity contribution in [1.82, 2.24) is 19.9 Å². The SMILES string of the molecule is C=CCc1ncc(-c2ccccc2)c2ccc(cc3ccc([nH]3)c(-c3ccccc3)c3nc(c1O[C@H]1CC[C@@]4(C)C(CC[C@@H]5[C@@H]4CC[C@]4(C)C(CCCC(C)C)CC[C@@H]54)C1)C=C3)[nH]2. The zero-order valence-electron chi connectivity index (χ0n) is 38.2. The summed E-state index contributed by atoms with van der Waals surface area (Å²) in [6, 6.07) is 31.9. The largest absolute Gasteiger partial charge is 0.486 e. The molecule has 4 saturated carbocycles. The van der Waals surface area contributed by atoms with E-state index in [0.717, 1.165) is 110 Å². The number of hydrogen-bond acceptors (Lipinski definition) is 3. The van der Waals surface area contributed by atoms with E-state index in [1.165, 1.54) is 64.2 Å². The molecule has 4 fully saturated rings. The Morgan fingerprint density at radius 1 is 0.762 bits per heavy atom. The number of benzene rings is 2. The van der Waals surface area contributed by atoms with Gasteiger partial charge in [0, 0.05) is 45.8 Å². The predicted octanol–water partition coefficient (Wildman–Crippen LogP) is 15.5. The van der Waals surface area contributed by atoms with Crippen molar-refractivity contribution in [3.63, 3.8) is 0 Å². The molecule has 0 spiro atoms. The second kappa shape index (κ2) is 17.4. The fraction of sp³-hybridized carbons (Fsp3) is 0.448. The highest BCUT2D eigenvalue weighted by Crippen LogP contribution is 2.68. The van der Waals surface area contributed by atoms with E-state index in [9.17, 15) is 0 Å². The number of H-pyrrole nitrogens is 2. The Hall–Kier alpha value is -5.16. The summed E-state index contributed by atoms with van der Waals surface area (Å²) in [5, 5.41) is 0. The summed E-state index contributed by atoms with van der Waals surface area (Å²) in [7, 11) is 0. The Kier molecular flexibility index (Phi) is 11.6. The second-order valence-corrected chi connectivity index (χ2v) is 20.9. The van der Waals surface area contributed by atoms with Crippen LogP contribution in [0.2, 0.25) is 0 Å². The molecule has 1 aliphatic heterocycles. The molecule has 10 rings (SSSR count). The normalized spacial score (nSPS) is 28.0. The first kappa shape index (κ1) is 41.8. The lowest BCUT2D eigenvalue weighted by atomic mass is 9.44. The number of rotatable bonds is 10. The molecule has 3 aromatic heterocycles. The van der Waals surface area contributed by atoms with E-state index in [1.807, 2.05) is 12.3 Å². The monoisotopic (exact) mass is 837 g/mol. The summed E-state index contributed by atoms with van der Waals surface area (Å²) < 4.78 is 7.44. The Balaban J connectivity index is 1.04. The number of aromatic amines is 2. The lowest BCUT2D eigenvalue weighted by molar-refractivity contribution is -0.124. The van der Waals surface area contributed by atoms with Crippen LogP contribution in [0.1, 0.15) is 122 Å². The molecule has 4 aliphatic carbocycles. The molecule has 0 saturated heterocycles. The maximum absolute atomic E-state index is 7.44. The van der Waals surface area contributed by atoms with Crippen molar-refractivity contribution < 1.29 is 4.74 Å². The Morgan fingerprint density at radius 2 is 1.46 bits per heavy atom. The zero-order valence-corrected chi connectivity index (χ0v) is 38.2. The van der Waals surface area contributed by atoms with Crippen LogP contribution < -0.4 is 4.74 Å². The maximum Gasteiger partial charge on any atom is 0.167 e. The van der Waals surface area contributed by atoms with Crippen molar-refractivity contribution in [2.24, 2.45) is 46.3 Å². The number of aromatic nitrogens is 4. The highest BCUT2D eigenvalue weighted by Gasteiger charge is 2.60. The fourth-order valence-corrected chi connectivity index (χ4v) is 13.7. The van der Waals surface area contributed by atoms with E-state index in [2.05, 4.69) is 147 Å². The molecule has 8 atom stereocenters. The zero-order chi connectivity index (χ0) is 43.1. The first-order valence-corrected chi connectivity index (χ1v) is 24.5. The van der Waals surface area contributed by atoms with E-state index < -0.39 is 0 Å². The van der Waals surface area contributed by atoms with Gasteiger partial charge in [-0.05, 0) is 164 Å². The molecule has 2 unspecified atom stereocenters. The maximum atomic E-state index is 7.44. The number of fused-ring (bicyclic) bond motifs is 11. The van der Waals surface area contributed by atoms with Gasteiger partial charge in [0.1, 0.15) is 5.69 Å². The lowest BCUT2D eigenvalue weighted by Gasteiger charge is -2.61. The van der Waals surface area contributed by atoms with E-state index in [0.29, 0.717) is 23.2 Å². The third kappa shape index (κ3) is 8.04. The van der Waals surface area contributed by atoms with Crippen LogP contribution in [0.25, 0.3) is 56.5 Å². The molecule has 5 heteroatoms. The number of allylic oxidation sites excluding steroid dienone is 1. The minimum Gasteiger partial charge on any atom is -0.486 e. The molecule has 6 bridgehead atoms. The summed E-state index contributed by atoms with van der Waals surface area (Å²) in [5.41, 5.74) is 11.9. The van der Waals surface area contributed by atoms with Crippen molar-refractivity contribution in [2.75, 3.05) is 0 Å². The predicted molar refractivity (Wildman–Crippen MR) is 263 cm³/mol. The Labute approximate surface area is 376 Å². The number of hydrogen-bond donors (Lipinski definition) is 2. The van der Waals surface area contributed by atoms with Crippen LogP contribution in [0, 0.1) is 46.3 Å². The van der Waals surface area contributed by atoms with Crippen molar-refractivity contribution in [3.8, 4) is 28.0 Å². The van der Waals surface area contributed by atoms with Gasteiger partial charge in [0.05, 0.1) is 17.5 Å². The van der Waals surface area contributed by atoms with Crippen molar-refractivity contribution in [1.29, 1.82) is 0 Å². The minimum absolute atomic E-state index is 0.101. The summed E-state index contributed by atoms with van der Waals surface area (Å²) >= 11 is 0. The van der Waals surface area contributed by atoms with Gasteiger partial charge in [0.2, 0.25) is 0 Å². The number of nitrogens with zero attached hydrogens (tertiary/aromatic N) is 2. The van der Waals surface area contributed by atoms with Crippen molar-refractivity contribution in [2.45, 2.75) is 117 Å². The highest BCUT2D eigenvalue weighted by atomic mass is 16.5. The molecular weight excluding hydrogens is 769 g/mol. The summed E-state index contributed by atoms with van der Waals surface area (Å²) in [6.45, 7) is 14.4. The van der Waals surface area contributed by atoms with E-state index in [4.69, 9.17) is 14.7 Å². The molecule has 63 heavy (non-hydrogen) atoms. The molecule has 5 aliphatic rings. The fourth-order valence-electron chi connectivity index (χ4n) is 13.7. The lowest BCUT2D eigenvalue weighted by Crippen LogP contribution is -2.54. The van der Waals surface area contributed by atoms with Gasteiger partial charge in [-0.15, -0.1) is 6.58 Å². The summed E-state index contributed by atoms with van der Waals surface area (Å²) in [6.07, 6.45) is 25.1. The van der Waals surface area contributed by atoms with Gasteiger partial charge in [-0.2, -0.15) is 0 Å². The molecule has 0 amide bonds. The van der Waals surface area contributed by atoms with Gasteiger partial charge in [-0.25, -0.2) is 4.98 Å². The average Bonchev–Trinajstić information content (AvgIpc) is 4.12. The topological polar surface area (TPSA) is 66.6 Å². The van der Waals surface area contributed by atoms with Gasteiger partial charge in [-0.3, -0.25) is 4.98 Å². The van der Waals surface area contributed by atoms with Crippen LogP contribution in [0.3, 0.4) is 0 Å². The molecule has 326 valence electrons. The van der Waals surface area contributed by atoms with Gasteiger partial charge >= 0.3 is 0 Å². The summed E-state index contributed by atoms with van der Waals surface area (Å²) in [5.74, 6) is 5.84. The van der Waals surface area contributed by atoms with Gasteiger partial charge in [0.15, 0.2) is 5.75 Å². The van der Waals surface area contributed by atoms with Crippen molar-refractivity contribution in [3.05, 3.63) is 127 Å². The Morgan fingerprint density at radius 3 is 2.22 bits per heavy atom. The van der Waals surface area contributed by atoms with Crippen LogP contribution in [0.4, 0.5) is 0 Å². The number of nitrogens with one attached hydrogen (secondary N) is 2. The molecule has 5 nitrogen and oxygen atoms in total. The smallest absolute Gasteiger partial charge is 0.167 e. The standard InChI is InChI=1S/C58H68N4O/c1-6-14-53-56(63-45-31-33-58(5)42(35-45)21-25-46-48-26-22-41(20-13-15-38(2)3)57(48,4)34-32-49(46)58)54-30-29-52(62-54)55(40-18-11-8-12-19-40)51-28-24-44(61-51)36-43-23-27-50(60-43)47(37-59-53)39-16-9-7-10-17-39/h6-12,16-19,23-24,27-30,36-38,41-42,45-46,48-49,60-61H,1,13-15,20-22,25-26,31-35H2,2-5H3/t41?,42?,45-,46-,48-,49-,57+,58-/m0/s1. The number of ether oxygens (including phenoxy) is 1. The van der Waals surface area contributed by atoms with E-state index in [1.54, 1.807) is 0 Å². The molecule has 5 aromatic rings. The third-order valence-electron chi connectivity index (χ3n) is 16.9. The van der Waals surface area contributed by atoms with Crippen LogP contribution in [0.15, 0.2) is 110 Å². The van der Waals surface area contributed by atoms with Gasteiger partial charge in [-0.1, -0.05) is 107 Å². The van der Waals surface area contributed by atoms with Gasteiger partial charge in [0.25, 0.3) is 0 Å². The van der Waals surface area contributed by atoms with Crippen LogP contribution in [-0.4, -0.2) is 26.0 Å². The molecule has 2 aromatic carbocycles. The van der Waals surface area contributed by atoms with Crippen LogP contribution in [0.5, 0.6) is 5.75 Å². The second-order valence-electron chi connectivity index (χ2n) is 20.9. The quantitative estimate of drug-likeness (QED) is 0.135. The summed E-state index contributed by atoms with van der Waals surface area (Å²) in [4.78, 5) is 18.2. The highest BCUT2D eigenvalue weighted by molar-refractivity contribution is 5.91.